The summed E-state index contributed by atoms with van der Waals surface area (Å²) in [5.41, 5.74) is 3.47. The highest BCUT2D eigenvalue weighted by Gasteiger charge is 2.25. The number of anilines is 2. The quantitative estimate of drug-likeness (QED) is 0.661. The lowest BCUT2D eigenvalue weighted by molar-refractivity contribution is -0.384. The van der Waals surface area contributed by atoms with Crippen LogP contribution >= 0.6 is 0 Å². The van der Waals surface area contributed by atoms with Crippen LogP contribution in [0.4, 0.5) is 17.1 Å². The summed E-state index contributed by atoms with van der Waals surface area (Å²) in [4.78, 5) is 29.1. The van der Waals surface area contributed by atoms with Crippen molar-refractivity contribution in [3.63, 3.8) is 0 Å². The van der Waals surface area contributed by atoms with E-state index in [4.69, 9.17) is 0 Å². The topological polar surface area (TPSA) is 87.8 Å². The Morgan fingerprint density at radius 2 is 2.00 bits per heavy atom. The van der Waals surface area contributed by atoms with Crippen LogP contribution in [0.3, 0.4) is 0 Å². The second-order valence-electron chi connectivity index (χ2n) is 6.05. The van der Waals surface area contributed by atoms with Gasteiger partial charge >= 0.3 is 0 Å². The molecule has 7 heteroatoms. The van der Waals surface area contributed by atoms with Crippen LogP contribution in [-0.4, -0.2) is 36.7 Å². The summed E-state index contributed by atoms with van der Waals surface area (Å²) in [7, 11) is 1.66. The van der Waals surface area contributed by atoms with Crippen LogP contribution in [-0.2, 0) is 4.79 Å². The van der Waals surface area contributed by atoms with Crippen LogP contribution in [0.25, 0.3) is 0 Å². The number of benzene rings is 2. The summed E-state index contributed by atoms with van der Waals surface area (Å²) in [5, 5.41) is 14.6. The number of amides is 1. The molecule has 0 saturated carbocycles. The highest BCUT2D eigenvalue weighted by Crippen LogP contribution is 2.31. The molecule has 7 nitrogen and oxygen atoms in total. The molecule has 0 fully saturated rings. The predicted octanol–water partition coefficient (Wildman–Crippen LogP) is 3.23. The summed E-state index contributed by atoms with van der Waals surface area (Å²) in [6, 6.07) is 12.2. The molecule has 0 radical (unpaired) electrons. The van der Waals surface area contributed by atoms with E-state index >= 15 is 0 Å². The lowest BCUT2D eigenvalue weighted by Crippen LogP contribution is -2.27. The Bertz CT molecular complexity index is 892. The molecule has 0 spiro atoms. The van der Waals surface area contributed by atoms with E-state index in [0.717, 1.165) is 24.2 Å². The van der Waals surface area contributed by atoms with E-state index in [-0.39, 0.29) is 18.1 Å². The Balaban J connectivity index is 2.19. The zero-order valence-electron chi connectivity index (χ0n) is 14.7. The molecule has 0 bridgehead atoms. The van der Waals surface area contributed by atoms with Gasteiger partial charge in [-0.3, -0.25) is 19.9 Å². The number of aliphatic imine (C=N–C) groups is 1. The fourth-order valence-corrected chi connectivity index (χ4v) is 2.93. The highest BCUT2D eigenvalue weighted by atomic mass is 16.6. The first kappa shape index (κ1) is 17.6. The maximum absolute atomic E-state index is 12.3. The van der Waals surface area contributed by atoms with Gasteiger partial charge in [0.05, 0.1) is 16.3 Å². The number of benzodiazepines with no additional fused rings is 1. The van der Waals surface area contributed by atoms with Gasteiger partial charge in [0.25, 0.3) is 5.69 Å². The van der Waals surface area contributed by atoms with Crippen molar-refractivity contribution in [3.05, 3.63) is 63.7 Å². The molecule has 0 unspecified atom stereocenters. The van der Waals surface area contributed by atoms with Crippen LogP contribution in [0.2, 0.25) is 0 Å². The fourth-order valence-electron chi connectivity index (χ4n) is 2.93. The van der Waals surface area contributed by atoms with E-state index in [9.17, 15) is 14.9 Å². The van der Waals surface area contributed by atoms with Gasteiger partial charge in [-0.1, -0.05) is 25.1 Å². The van der Waals surface area contributed by atoms with E-state index in [1.165, 1.54) is 17.0 Å². The Labute approximate surface area is 151 Å². The number of nitrogens with one attached hydrogen (secondary N) is 1. The van der Waals surface area contributed by atoms with Gasteiger partial charge in [0.2, 0.25) is 5.91 Å². The zero-order chi connectivity index (χ0) is 18.7. The molecular weight excluding hydrogens is 332 g/mol. The second-order valence-corrected chi connectivity index (χ2v) is 6.05. The number of para-hydroxylation sites is 1. The molecular formula is C19H20N4O3. The fraction of sp³-hybridized carbons (Fsp3) is 0.263. The van der Waals surface area contributed by atoms with Gasteiger partial charge in [0.1, 0.15) is 6.54 Å². The predicted molar refractivity (Wildman–Crippen MR) is 102 cm³/mol. The third-order valence-electron chi connectivity index (χ3n) is 4.30. The van der Waals surface area contributed by atoms with Crippen LogP contribution in [0, 0.1) is 10.1 Å². The van der Waals surface area contributed by atoms with Crippen LogP contribution in [0.1, 0.15) is 24.5 Å². The molecule has 1 N–H and O–H groups in total. The van der Waals surface area contributed by atoms with Crippen molar-refractivity contribution in [1.82, 2.24) is 0 Å². The average Bonchev–Trinajstić information content (AvgIpc) is 2.77. The van der Waals surface area contributed by atoms with E-state index in [2.05, 4.69) is 17.2 Å². The molecule has 0 saturated heterocycles. The van der Waals surface area contributed by atoms with Crippen molar-refractivity contribution in [2.45, 2.75) is 13.3 Å². The Morgan fingerprint density at radius 1 is 1.23 bits per heavy atom. The smallest absolute Gasteiger partial charge is 0.270 e. The number of likely N-dealkylation sites (N-methyl/N-ethyl adjacent to an activating group) is 1. The normalized spacial score (nSPS) is 13.7. The lowest BCUT2D eigenvalue weighted by atomic mass is 9.98. The van der Waals surface area contributed by atoms with Gasteiger partial charge in [-0.2, -0.15) is 0 Å². The van der Waals surface area contributed by atoms with Crippen LogP contribution < -0.4 is 10.2 Å². The van der Waals surface area contributed by atoms with E-state index < -0.39 is 4.92 Å². The molecule has 2 aromatic rings. The SMILES string of the molecule is CCCNc1ccccc1C1=NCC(=O)N(C)c2ccc([N+](=O)[O-])cc21. The van der Waals surface area contributed by atoms with Crippen molar-refractivity contribution in [1.29, 1.82) is 0 Å². The molecule has 1 aliphatic heterocycles. The number of hydrogen-bond donors (Lipinski definition) is 1. The number of nitrogens with zero attached hydrogens (tertiary/aromatic N) is 3. The first-order chi connectivity index (χ1) is 12.5. The number of carbonyl (C=O) groups excluding carboxylic acids is 1. The van der Waals surface area contributed by atoms with Gasteiger partial charge in [-0.05, 0) is 18.6 Å². The number of rotatable bonds is 5. The van der Waals surface area contributed by atoms with Crippen LogP contribution in [0.5, 0.6) is 0 Å². The Hall–Kier alpha value is -3.22. The molecule has 3 rings (SSSR count). The van der Waals surface area contributed by atoms with E-state index in [0.29, 0.717) is 17.0 Å². The minimum Gasteiger partial charge on any atom is -0.385 e. The largest absolute Gasteiger partial charge is 0.385 e. The summed E-state index contributed by atoms with van der Waals surface area (Å²) < 4.78 is 0. The van der Waals surface area contributed by atoms with Crippen molar-refractivity contribution in [2.24, 2.45) is 4.99 Å². The Kier molecular flexibility index (Phi) is 4.97. The van der Waals surface area contributed by atoms with Gasteiger partial charge in [-0.15, -0.1) is 0 Å². The second kappa shape index (κ2) is 7.35. The van der Waals surface area contributed by atoms with Crippen LogP contribution in [0.15, 0.2) is 47.5 Å². The molecule has 0 atom stereocenters. The van der Waals surface area contributed by atoms with Gasteiger partial charge < -0.3 is 10.2 Å². The summed E-state index contributed by atoms with van der Waals surface area (Å²) in [6.07, 6.45) is 0.962. The maximum atomic E-state index is 12.3. The molecule has 1 amide bonds. The summed E-state index contributed by atoms with van der Waals surface area (Å²) in [6.45, 7) is 2.87. The molecule has 2 aromatic carbocycles. The summed E-state index contributed by atoms with van der Waals surface area (Å²) >= 11 is 0. The highest BCUT2D eigenvalue weighted by molar-refractivity contribution is 6.21. The third-order valence-corrected chi connectivity index (χ3v) is 4.30. The zero-order valence-corrected chi connectivity index (χ0v) is 14.7. The number of nitro benzene ring substituents is 1. The molecule has 1 aliphatic rings. The maximum Gasteiger partial charge on any atom is 0.270 e. The minimum atomic E-state index is -0.439. The number of nitro groups is 1. The average molecular weight is 352 g/mol. The van der Waals surface area contributed by atoms with E-state index in [1.807, 2.05) is 24.3 Å². The lowest BCUT2D eigenvalue weighted by Gasteiger charge is -2.18. The number of carbonyl (C=O) groups is 1. The molecule has 0 aromatic heterocycles. The first-order valence-corrected chi connectivity index (χ1v) is 8.46. The van der Waals surface area contributed by atoms with Gasteiger partial charge in [-0.25, -0.2) is 0 Å². The van der Waals surface area contributed by atoms with Crippen molar-refractivity contribution >= 4 is 28.7 Å². The van der Waals surface area contributed by atoms with Crippen molar-refractivity contribution < 1.29 is 9.72 Å². The standard InChI is InChI=1S/C19H20N4O3/c1-3-10-20-16-7-5-4-6-14(16)19-15-11-13(23(25)26)8-9-17(15)22(2)18(24)12-21-19/h4-9,11,20H,3,10,12H2,1-2H3. The molecule has 134 valence electrons. The third kappa shape index (κ3) is 3.28. The van der Waals surface area contributed by atoms with Gasteiger partial charge in [0, 0.05) is 42.5 Å². The Morgan fingerprint density at radius 3 is 2.73 bits per heavy atom. The first-order valence-electron chi connectivity index (χ1n) is 8.46. The van der Waals surface area contributed by atoms with E-state index in [1.54, 1.807) is 13.1 Å². The number of fused-ring (bicyclic) bond motifs is 1. The number of non-ortho nitro benzene ring substituents is 1. The van der Waals surface area contributed by atoms with Crippen molar-refractivity contribution in [2.75, 3.05) is 30.4 Å². The minimum absolute atomic E-state index is 0.00355. The van der Waals surface area contributed by atoms with Gasteiger partial charge in [0.15, 0.2) is 0 Å². The van der Waals surface area contributed by atoms with Crippen molar-refractivity contribution in [3.8, 4) is 0 Å². The number of hydrogen-bond acceptors (Lipinski definition) is 5. The molecule has 26 heavy (non-hydrogen) atoms. The summed E-state index contributed by atoms with van der Waals surface area (Å²) in [5.74, 6) is -0.158. The molecule has 0 aliphatic carbocycles. The monoisotopic (exact) mass is 352 g/mol. The molecule has 1 heterocycles.